The van der Waals surface area contributed by atoms with E-state index in [1.165, 1.54) is 12.1 Å². The third-order valence-corrected chi connectivity index (χ3v) is 5.30. The Hall–Kier alpha value is -3.67. The van der Waals surface area contributed by atoms with Crippen molar-refractivity contribution in [3.05, 3.63) is 77.9 Å². The van der Waals surface area contributed by atoms with Crippen LogP contribution in [0.2, 0.25) is 0 Å². The van der Waals surface area contributed by atoms with E-state index in [-0.39, 0.29) is 11.3 Å². The van der Waals surface area contributed by atoms with E-state index in [0.717, 1.165) is 22.8 Å². The molecular formula is C24H20F3N3. The van der Waals surface area contributed by atoms with Crippen LogP contribution in [0.4, 0.5) is 30.2 Å². The predicted octanol–water partition coefficient (Wildman–Crippen LogP) is 6.25. The molecule has 0 aromatic heterocycles. The van der Waals surface area contributed by atoms with Crippen LogP contribution >= 0.6 is 0 Å². The number of alkyl halides is 3. The molecule has 0 unspecified atom stereocenters. The lowest BCUT2D eigenvalue weighted by atomic mass is 9.89. The molecule has 0 aliphatic heterocycles. The zero-order valence-corrected chi connectivity index (χ0v) is 16.2. The monoisotopic (exact) mass is 407 g/mol. The lowest BCUT2D eigenvalue weighted by Crippen LogP contribution is -2.08. The zero-order valence-electron chi connectivity index (χ0n) is 16.2. The summed E-state index contributed by atoms with van der Waals surface area (Å²) in [5, 5.41) is 1.29. The van der Waals surface area contributed by atoms with E-state index in [2.05, 4.69) is 0 Å². The van der Waals surface area contributed by atoms with Gasteiger partial charge in [-0.1, -0.05) is 36.4 Å². The van der Waals surface area contributed by atoms with Crippen molar-refractivity contribution in [3.63, 3.8) is 0 Å². The van der Waals surface area contributed by atoms with Gasteiger partial charge in [-0.15, -0.1) is 0 Å². The molecule has 152 valence electrons. The molecule has 0 amide bonds. The normalized spacial score (nSPS) is 11.7. The number of hydrogen-bond acceptors (Lipinski definition) is 3. The van der Waals surface area contributed by atoms with Gasteiger partial charge in [0.1, 0.15) is 0 Å². The molecule has 0 radical (unpaired) electrons. The summed E-state index contributed by atoms with van der Waals surface area (Å²) in [6.45, 7) is 1.91. The van der Waals surface area contributed by atoms with Crippen molar-refractivity contribution in [1.29, 1.82) is 0 Å². The van der Waals surface area contributed by atoms with Gasteiger partial charge in [-0.25, -0.2) is 0 Å². The number of hydrogen-bond donors (Lipinski definition) is 3. The van der Waals surface area contributed by atoms with E-state index >= 15 is 0 Å². The molecule has 0 saturated carbocycles. The zero-order chi connectivity index (χ0) is 21.6. The maximum atomic E-state index is 13.7. The number of rotatable bonds is 2. The average molecular weight is 407 g/mol. The second kappa shape index (κ2) is 6.99. The highest BCUT2D eigenvalue weighted by Gasteiger charge is 2.34. The summed E-state index contributed by atoms with van der Waals surface area (Å²) in [7, 11) is 0. The van der Waals surface area contributed by atoms with E-state index in [4.69, 9.17) is 17.2 Å². The van der Waals surface area contributed by atoms with Crippen LogP contribution in [0.1, 0.15) is 11.1 Å². The van der Waals surface area contributed by atoms with Gasteiger partial charge >= 0.3 is 6.18 Å². The van der Waals surface area contributed by atoms with E-state index in [1.807, 2.05) is 31.2 Å². The summed E-state index contributed by atoms with van der Waals surface area (Å²) in [5.41, 5.74) is 21.8. The first-order chi connectivity index (χ1) is 14.2. The van der Waals surface area contributed by atoms with Gasteiger partial charge in [0.15, 0.2) is 0 Å². The summed E-state index contributed by atoms with van der Waals surface area (Å²) in [6, 6.07) is 18.0. The Morgan fingerprint density at radius 3 is 2.17 bits per heavy atom. The Morgan fingerprint density at radius 1 is 0.700 bits per heavy atom. The summed E-state index contributed by atoms with van der Waals surface area (Å²) in [6.07, 6.45) is -4.51. The molecule has 0 bridgehead atoms. The van der Waals surface area contributed by atoms with Crippen LogP contribution in [-0.2, 0) is 6.18 Å². The Kier molecular flexibility index (Phi) is 4.57. The van der Waals surface area contributed by atoms with Crippen LogP contribution < -0.4 is 17.2 Å². The maximum Gasteiger partial charge on any atom is 0.417 e. The lowest BCUT2D eigenvalue weighted by molar-refractivity contribution is -0.137. The Balaban J connectivity index is 2.06. The minimum atomic E-state index is -4.51. The van der Waals surface area contributed by atoms with Crippen molar-refractivity contribution in [2.24, 2.45) is 0 Å². The number of halogens is 3. The van der Waals surface area contributed by atoms with Crippen molar-refractivity contribution >= 4 is 27.8 Å². The standard InChI is InChI=1S/C24H20F3N3/c1-13-5-6-14(11-22(13)30)16-3-2-4-18-17(8-10-21(29)23(16)18)19-12-15(28)7-9-20(19)24(25,26)27/h2-12H,28-30H2,1H3. The van der Waals surface area contributed by atoms with Gasteiger partial charge in [-0.05, 0) is 70.5 Å². The molecule has 0 saturated heterocycles. The van der Waals surface area contributed by atoms with Gasteiger partial charge in [-0.2, -0.15) is 13.2 Å². The smallest absolute Gasteiger partial charge is 0.399 e. The highest BCUT2D eigenvalue weighted by Crippen LogP contribution is 2.43. The molecule has 0 aliphatic carbocycles. The van der Waals surface area contributed by atoms with Crippen LogP contribution in [0.25, 0.3) is 33.0 Å². The Morgan fingerprint density at radius 2 is 1.47 bits per heavy atom. The van der Waals surface area contributed by atoms with Crippen LogP contribution in [0.3, 0.4) is 0 Å². The van der Waals surface area contributed by atoms with Crippen molar-refractivity contribution in [2.45, 2.75) is 13.1 Å². The molecule has 0 heterocycles. The molecule has 0 aliphatic rings. The van der Waals surface area contributed by atoms with E-state index in [0.29, 0.717) is 27.7 Å². The fraction of sp³-hybridized carbons (Fsp3) is 0.0833. The van der Waals surface area contributed by atoms with Gasteiger partial charge < -0.3 is 17.2 Å². The molecule has 6 heteroatoms. The third-order valence-electron chi connectivity index (χ3n) is 5.30. The first kappa shape index (κ1) is 19.6. The second-order valence-corrected chi connectivity index (χ2v) is 7.30. The van der Waals surface area contributed by atoms with Crippen molar-refractivity contribution in [3.8, 4) is 22.3 Å². The maximum absolute atomic E-state index is 13.7. The van der Waals surface area contributed by atoms with E-state index < -0.39 is 11.7 Å². The molecule has 0 atom stereocenters. The van der Waals surface area contributed by atoms with Crippen LogP contribution in [-0.4, -0.2) is 0 Å². The van der Waals surface area contributed by atoms with Crippen LogP contribution in [0.5, 0.6) is 0 Å². The van der Waals surface area contributed by atoms with Crippen LogP contribution in [0, 0.1) is 6.92 Å². The lowest BCUT2D eigenvalue weighted by Gasteiger charge is -2.18. The number of nitrogen functional groups attached to an aromatic ring is 3. The number of benzene rings is 4. The number of aryl methyl sites for hydroxylation is 1. The fourth-order valence-electron chi connectivity index (χ4n) is 3.75. The highest BCUT2D eigenvalue weighted by molar-refractivity contribution is 6.10. The second-order valence-electron chi connectivity index (χ2n) is 7.30. The molecule has 4 rings (SSSR count). The molecule has 4 aromatic rings. The average Bonchev–Trinajstić information content (AvgIpc) is 2.69. The SMILES string of the molecule is Cc1ccc(-c2cccc3c(-c4cc(N)ccc4C(F)(F)F)ccc(N)c23)cc1N. The number of nitrogens with two attached hydrogens (primary N) is 3. The molecule has 3 nitrogen and oxygen atoms in total. The largest absolute Gasteiger partial charge is 0.417 e. The summed E-state index contributed by atoms with van der Waals surface area (Å²) < 4.78 is 41.1. The molecule has 0 fully saturated rings. The van der Waals surface area contributed by atoms with Gasteiger partial charge in [0.25, 0.3) is 0 Å². The van der Waals surface area contributed by atoms with Gasteiger partial charge in [0.05, 0.1) is 5.56 Å². The van der Waals surface area contributed by atoms with Gasteiger partial charge in [-0.3, -0.25) is 0 Å². The van der Waals surface area contributed by atoms with E-state index in [1.54, 1.807) is 24.3 Å². The van der Waals surface area contributed by atoms with Crippen LogP contribution in [0.15, 0.2) is 66.7 Å². The number of anilines is 3. The summed E-state index contributed by atoms with van der Waals surface area (Å²) in [4.78, 5) is 0. The molecule has 0 spiro atoms. The molecule has 6 N–H and O–H groups in total. The van der Waals surface area contributed by atoms with Crippen molar-refractivity contribution in [1.82, 2.24) is 0 Å². The van der Waals surface area contributed by atoms with Gasteiger partial charge in [0.2, 0.25) is 0 Å². The van der Waals surface area contributed by atoms with Crippen molar-refractivity contribution < 1.29 is 13.2 Å². The molecule has 4 aromatic carbocycles. The van der Waals surface area contributed by atoms with Gasteiger partial charge in [0, 0.05) is 22.4 Å². The first-order valence-electron chi connectivity index (χ1n) is 9.31. The molecule has 30 heavy (non-hydrogen) atoms. The summed E-state index contributed by atoms with van der Waals surface area (Å²) in [5.74, 6) is 0. The Labute approximate surface area is 171 Å². The van der Waals surface area contributed by atoms with Crippen molar-refractivity contribution in [2.75, 3.05) is 17.2 Å². The molecular weight excluding hydrogens is 387 g/mol. The minimum absolute atomic E-state index is 0.0214. The Bertz CT molecular complexity index is 1280. The quantitative estimate of drug-likeness (QED) is 0.344. The topological polar surface area (TPSA) is 78.1 Å². The predicted molar refractivity (Wildman–Crippen MR) is 118 cm³/mol. The third kappa shape index (κ3) is 3.30. The van der Waals surface area contributed by atoms with E-state index in [9.17, 15) is 13.2 Å². The number of fused-ring (bicyclic) bond motifs is 1. The first-order valence-corrected chi connectivity index (χ1v) is 9.31. The summed E-state index contributed by atoms with van der Waals surface area (Å²) >= 11 is 0. The highest BCUT2D eigenvalue weighted by atomic mass is 19.4. The fourth-order valence-corrected chi connectivity index (χ4v) is 3.75. The minimum Gasteiger partial charge on any atom is -0.399 e.